The number of para-hydroxylation sites is 1. The van der Waals surface area contributed by atoms with Gasteiger partial charge in [0.1, 0.15) is 11.5 Å². The number of amides is 1. The number of carbonyl (C=O) groups excluding carboxylic acids is 1. The van der Waals surface area contributed by atoms with Crippen LogP contribution in [0.1, 0.15) is 0 Å². The highest BCUT2D eigenvalue weighted by molar-refractivity contribution is 6.37. The van der Waals surface area contributed by atoms with Gasteiger partial charge in [-0.15, -0.1) is 0 Å². The van der Waals surface area contributed by atoms with Gasteiger partial charge in [-0.1, -0.05) is 29.3 Å². The van der Waals surface area contributed by atoms with Gasteiger partial charge < -0.3 is 14.8 Å². The van der Waals surface area contributed by atoms with Gasteiger partial charge in [0.05, 0.1) is 15.7 Å². The molecule has 1 N–H and O–H groups in total. The first-order chi connectivity index (χ1) is 9.63. The largest absolute Gasteiger partial charge is 0.481 e. The molecule has 0 saturated heterocycles. The summed E-state index contributed by atoms with van der Waals surface area (Å²) in [6.45, 7) is -0.0106. The zero-order valence-electron chi connectivity index (χ0n) is 10.2. The van der Waals surface area contributed by atoms with E-state index in [4.69, 9.17) is 32.7 Å². The molecule has 0 spiro atoms. The first-order valence-electron chi connectivity index (χ1n) is 5.82. The topological polar surface area (TPSA) is 47.6 Å². The van der Waals surface area contributed by atoms with Crippen LogP contribution in [0.25, 0.3) is 0 Å². The number of anilines is 1. The number of halogens is 2. The van der Waals surface area contributed by atoms with Crippen molar-refractivity contribution in [3.05, 3.63) is 46.4 Å². The quantitative estimate of drug-likeness (QED) is 0.908. The van der Waals surface area contributed by atoms with E-state index >= 15 is 0 Å². The monoisotopic (exact) mass is 309 g/mol. The summed E-state index contributed by atoms with van der Waals surface area (Å²) in [6.07, 6.45) is 0. The van der Waals surface area contributed by atoms with Crippen LogP contribution in [0.15, 0.2) is 36.4 Å². The second-order valence-electron chi connectivity index (χ2n) is 4.15. The van der Waals surface area contributed by atoms with Crippen LogP contribution in [-0.2, 0) is 4.79 Å². The number of carbonyl (C=O) groups is 1. The Morgan fingerprint density at radius 2 is 1.90 bits per heavy atom. The third-order valence-corrected chi connectivity index (χ3v) is 3.32. The first kappa shape index (κ1) is 13.1. The third kappa shape index (κ3) is 2.53. The molecule has 6 heteroatoms. The van der Waals surface area contributed by atoms with Crippen molar-refractivity contribution in [2.24, 2.45) is 0 Å². The van der Waals surface area contributed by atoms with E-state index in [9.17, 15) is 4.79 Å². The summed E-state index contributed by atoms with van der Waals surface area (Å²) in [5.41, 5.74) is 0.610. The Labute approximate surface area is 125 Å². The minimum atomic E-state index is -0.180. The molecule has 4 nitrogen and oxygen atoms in total. The number of hydrogen-bond acceptors (Lipinski definition) is 3. The lowest BCUT2D eigenvalue weighted by Crippen LogP contribution is -2.25. The molecule has 2 aromatic carbocycles. The minimum absolute atomic E-state index is 0.0106. The van der Waals surface area contributed by atoms with Crippen LogP contribution in [0.5, 0.6) is 17.2 Å². The number of rotatable bonds is 2. The van der Waals surface area contributed by atoms with Crippen molar-refractivity contribution in [3.8, 4) is 17.2 Å². The van der Waals surface area contributed by atoms with Gasteiger partial charge in [0.15, 0.2) is 12.4 Å². The molecule has 0 radical (unpaired) electrons. The summed E-state index contributed by atoms with van der Waals surface area (Å²) in [6, 6.07) is 10.2. The molecule has 1 heterocycles. The molecule has 102 valence electrons. The number of fused-ring (bicyclic) bond motifs is 1. The lowest BCUT2D eigenvalue weighted by atomic mass is 10.2. The maximum atomic E-state index is 11.2. The molecule has 2 aromatic rings. The molecule has 0 saturated carbocycles. The highest BCUT2D eigenvalue weighted by atomic mass is 35.5. The van der Waals surface area contributed by atoms with E-state index in [0.717, 1.165) is 0 Å². The zero-order valence-corrected chi connectivity index (χ0v) is 11.7. The van der Waals surface area contributed by atoms with E-state index < -0.39 is 0 Å². The standard InChI is InChI=1S/C14H9Cl2NO3/c15-9-2-1-3-10(16)14(9)20-8-4-5-11-12(6-8)19-7-13(18)17-11/h1-6H,7H2,(H,17,18). The molecular weight excluding hydrogens is 301 g/mol. The van der Waals surface area contributed by atoms with E-state index in [1.807, 2.05) is 0 Å². The molecule has 1 aliphatic rings. The first-order valence-corrected chi connectivity index (χ1v) is 6.57. The van der Waals surface area contributed by atoms with Crippen LogP contribution in [0.4, 0.5) is 5.69 Å². The van der Waals surface area contributed by atoms with Gasteiger partial charge in [-0.25, -0.2) is 0 Å². The fraction of sp³-hybridized carbons (Fsp3) is 0.0714. The molecule has 1 amide bonds. The van der Waals surface area contributed by atoms with Crippen LogP contribution in [0.3, 0.4) is 0 Å². The SMILES string of the molecule is O=C1COc2cc(Oc3c(Cl)cccc3Cl)ccc2N1. The van der Waals surface area contributed by atoms with Crippen LogP contribution in [0, 0.1) is 0 Å². The van der Waals surface area contributed by atoms with Crippen molar-refractivity contribution in [2.45, 2.75) is 0 Å². The van der Waals surface area contributed by atoms with E-state index in [2.05, 4.69) is 5.32 Å². The molecule has 20 heavy (non-hydrogen) atoms. The summed E-state index contributed by atoms with van der Waals surface area (Å²) in [4.78, 5) is 11.2. The average molecular weight is 310 g/mol. The number of hydrogen-bond donors (Lipinski definition) is 1. The molecular formula is C14H9Cl2NO3. The normalized spacial score (nSPS) is 13.2. The Balaban J connectivity index is 1.91. The van der Waals surface area contributed by atoms with Crippen LogP contribution >= 0.6 is 23.2 Å². The molecule has 0 atom stereocenters. The summed E-state index contributed by atoms with van der Waals surface area (Å²) >= 11 is 12.1. The van der Waals surface area contributed by atoms with Crippen molar-refractivity contribution >= 4 is 34.8 Å². The van der Waals surface area contributed by atoms with Crippen molar-refractivity contribution in [3.63, 3.8) is 0 Å². The smallest absolute Gasteiger partial charge is 0.262 e. The molecule has 0 aromatic heterocycles. The molecule has 0 bridgehead atoms. The van der Waals surface area contributed by atoms with Gasteiger partial charge in [0.2, 0.25) is 0 Å². The van der Waals surface area contributed by atoms with Gasteiger partial charge in [0, 0.05) is 6.07 Å². The van der Waals surface area contributed by atoms with Crippen molar-refractivity contribution in [1.29, 1.82) is 0 Å². The molecule has 0 unspecified atom stereocenters. The van der Waals surface area contributed by atoms with E-state index in [-0.39, 0.29) is 12.5 Å². The van der Waals surface area contributed by atoms with Crippen LogP contribution in [-0.4, -0.2) is 12.5 Å². The molecule has 0 aliphatic carbocycles. The second-order valence-corrected chi connectivity index (χ2v) is 4.96. The zero-order chi connectivity index (χ0) is 14.1. The summed E-state index contributed by atoms with van der Waals surface area (Å²) in [5, 5.41) is 3.54. The van der Waals surface area contributed by atoms with Gasteiger partial charge in [-0.2, -0.15) is 0 Å². The van der Waals surface area contributed by atoms with Crippen molar-refractivity contribution < 1.29 is 14.3 Å². The summed E-state index contributed by atoms with van der Waals surface area (Å²) in [5.74, 6) is 1.27. The van der Waals surface area contributed by atoms with Crippen LogP contribution < -0.4 is 14.8 Å². The molecule has 1 aliphatic heterocycles. The van der Waals surface area contributed by atoms with E-state index in [1.54, 1.807) is 36.4 Å². The number of ether oxygens (including phenoxy) is 2. The van der Waals surface area contributed by atoms with Crippen molar-refractivity contribution in [1.82, 2.24) is 0 Å². The van der Waals surface area contributed by atoms with Gasteiger partial charge in [-0.3, -0.25) is 4.79 Å². The van der Waals surface area contributed by atoms with Crippen LogP contribution in [0.2, 0.25) is 10.0 Å². The lowest BCUT2D eigenvalue weighted by Gasteiger charge is -2.18. The number of nitrogens with one attached hydrogen (secondary N) is 1. The number of benzene rings is 2. The fourth-order valence-electron chi connectivity index (χ4n) is 1.82. The van der Waals surface area contributed by atoms with E-state index in [1.165, 1.54) is 0 Å². The summed E-state index contributed by atoms with van der Waals surface area (Å²) < 4.78 is 11.0. The third-order valence-electron chi connectivity index (χ3n) is 2.72. The average Bonchev–Trinajstić information content (AvgIpc) is 2.43. The Morgan fingerprint density at radius 1 is 1.15 bits per heavy atom. The van der Waals surface area contributed by atoms with Gasteiger partial charge >= 0.3 is 0 Å². The lowest BCUT2D eigenvalue weighted by molar-refractivity contribution is -0.118. The Hall–Kier alpha value is -1.91. The van der Waals surface area contributed by atoms with Gasteiger partial charge in [0.25, 0.3) is 5.91 Å². The van der Waals surface area contributed by atoms with Gasteiger partial charge in [-0.05, 0) is 24.3 Å². The Bertz CT molecular complexity index is 668. The highest BCUT2D eigenvalue weighted by Gasteiger charge is 2.17. The molecule has 3 rings (SSSR count). The predicted octanol–water partition coefficient (Wildman–Crippen LogP) is 4.12. The summed E-state index contributed by atoms with van der Waals surface area (Å²) in [7, 11) is 0. The maximum absolute atomic E-state index is 11.2. The molecule has 0 fully saturated rings. The van der Waals surface area contributed by atoms with Crippen molar-refractivity contribution in [2.75, 3.05) is 11.9 Å². The fourth-order valence-corrected chi connectivity index (χ4v) is 2.29. The maximum Gasteiger partial charge on any atom is 0.262 e. The second kappa shape index (κ2) is 5.23. The predicted molar refractivity (Wildman–Crippen MR) is 77.1 cm³/mol. The minimum Gasteiger partial charge on any atom is -0.481 e. The highest BCUT2D eigenvalue weighted by Crippen LogP contribution is 2.38. The Morgan fingerprint density at radius 3 is 2.65 bits per heavy atom. The van der Waals surface area contributed by atoms with E-state index in [0.29, 0.717) is 33.0 Å². The Kier molecular flexibility index (Phi) is 3.42.